The summed E-state index contributed by atoms with van der Waals surface area (Å²) in [4.78, 5) is 14.5. The summed E-state index contributed by atoms with van der Waals surface area (Å²) >= 11 is 0. The first-order chi connectivity index (χ1) is 18.9. The fourth-order valence-corrected chi connectivity index (χ4v) is 5.40. The van der Waals surface area contributed by atoms with Gasteiger partial charge in [-0.1, -0.05) is 83.1 Å². The van der Waals surface area contributed by atoms with E-state index in [0.29, 0.717) is 18.1 Å². The van der Waals surface area contributed by atoms with Gasteiger partial charge >= 0.3 is 0 Å². The van der Waals surface area contributed by atoms with Crippen molar-refractivity contribution in [1.29, 1.82) is 0 Å². The van der Waals surface area contributed by atoms with Crippen molar-refractivity contribution in [1.82, 2.24) is 9.78 Å². The average molecular weight is 536 g/mol. The molecule has 5 rings (SSSR count). The number of carbonyl (C=O) groups excluding carboxylic acids is 1. The lowest BCUT2D eigenvalue weighted by molar-refractivity contribution is 0.101. The molecule has 0 radical (unpaired) electrons. The maximum absolute atomic E-state index is 12.0. The van der Waals surface area contributed by atoms with Crippen LogP contribution in [-0.4, -0.2) is 22.2 Å². The van der Waals surface area contributed by atoms with Crippen molar-refractivity contribution in [2.24, 2.45) is 5.92 Å². The van der Waals surface area contributed by atoms with Gasteiger partial charge in [0.05, 0.1) is 24.5 Å². The average Bonchev–Trinajstić information content (AvgIpc) is 3.45. The van der Waals surface area contributed by atoms with Crippen LogP contribution in [0.2, 0.25) is 0 Å². The normalized spacial score (nSPS) is 13.2. The van der Waals surface area contributed by atoms with Gasteiger partial charge in [-0.05, 0) is 60.9 Å². The lowest BCUT2D eigenvalue weighted by Gasteiger charge is -2.26. The van der Waals surface area contributed by atoms with E-state index in [1.54, 1.807) is 6.92 Å². The topological polar surface area (TPSA) is 47.4 Å². The highest BCUT2D eigenvalue weighted by Crippen LogP contribution is 2.41. The highest BCUT2D eigenvalue weighted by Gasteiger charge is 2.31. The fraction of sp³-hybridized carbons (Fsp3) is 0.371. The molecule has 0 aliphatic carbocycles. The predicted octanol–water partition coefficient (Wildman–Crippen LogP) is 8.21. The van der Waals surface area contributed by atoms with Crippen LogP contribution in [0.4, 0.5) is 5.69 Å². The zero-order valence-electron chi connectivity index (χ0n) is 25.1. The molecule has 0 atom stereocenters. The van der Waals surface area contributed by atoms with Gasteiger partial charge in [0.25, 0.3) is 0 Å². The molecule has 5 heteroatoms. The summed E-state index contributed by atoms with van der Waals surface area (Å²) < 4.78 is 8.39. The van der Waals surface area contributed by atoms with Crippen LogP contribution in [0.5, 0.6) is 5.75 Å². The summed E-state index contributed by atoms with van der Waals surface area (Å²) in [7, 11) is 0. The predicted molar refractivity (Wildman–Crippen MR) is 164 cm³/mol. The van der Waals surface area contributed by atoms with Crippen LogP contribution in [0.1, 0.15) is 79.8 Å². The summed E-state index contributed by atoms with van der Waals surface area (Å²) in [5.74, 6) is 1.31. The molecule has 208 valence electrons. The number of aryl methyl sites for hydroxylation is 2. The molecule has 2 heterocycles. The first kappa shape index (κ1) is 27.7. The number of aromatic nitrogens is 2. The van der Waals surface area contributed by atoms with E-state index in [4.69, 9.17) is 9.84 Å². The van der Waals surface area contributed by atoms with Crippen LogP contribution in [0.15, 0.2) is 60.7 Å². The van der Waals surface area contributed by atoms with E-state index in [0.717, 1.165) is 47.0 Å². The van der Waals surface area contributed by atoms with E-state index < -0.39 is 0 Å². The van der Waals surface area contributed by atoms with Gasteiger partial charge < -0.3 is 9.64 Å². The minimum Gasteiger partial charge on any atom is -0.491 e. The number of Topliss-reactive ketones (excluding diaryl/α,β-unsaturated/α-hetero) is 1. The van der Waals surface area contributed by atoms with Crippen LogP contribution in [0, 0.1) is 19.8 Å². The lowest BCUT2D eigenvalue weighted by atomic mass is 9.86. The minimum atomic E-state index is 0.0638. The van der Waals surface area contributed by atoms with Gasteiger partial charge in [-0.25, -0.2) is 4.68 Å². The van der Waals surface area contributed by atoms with Crippen molar-refractivity contribution < 1.29 is 9.53 Å². The largest absolute Gasteiger partial charge is 0.491 e. The Morgan fingerprint density at radius 3 is 2.35 bits per heavy atom. The molecule has 1 aliphatic rings. The standard InChI is InChI=1S/C35H41N3O2/c1-22(2)21-40-32-11-9-10-24(4)33(32)38-34(27-15-13-26(14-16-27)25(5)39)29-19-37(20-30(29)36-38)31-18-28(35(6,7)8)17-12-23(31)3/h9-18,22H,19-21H2,1-8H3. The van der Waals surface area contributed by atoms with Crippen molar-refractivity contribution in [3.63, 3.8) is 0 Å². The van der Waals surface area contributed by atoms with Gasteiger partial charge in [0.15, 0.2) is 5.78 Å². The zero-order valence-corrected chi connectivity index (χ0v) is 25.1. The molecule has 3 aromatic carbocycles. The molecule has 5 nitrogen and oxygen atoms in total. The molecule has 1 aliphatic heterocycles. The van der Waals surface area contributed by atoms with Crippen molar-refractivity contribution >= 4 is 11.5 Å². The Hall–Kier alpha value is -3.86. The Labute approximate surface area is 238 Å². The maximum Gasteiger partial charge on any atom is 0.159 e. The van der Waals surface area contributed by atoms with Crippen LogP contribution < -0.4 is 9.64 Å². The first-order valence-corrected chi connectivity index (χ1v) is 14.2. The molecule has 0 unspecified atom stereocenters. The molecule has 0 saturated heterocycles. The second-order valence-corrected chi connectivity index (χ2v) is 12.6. The molecule has 4 aromatic rings. The number of ketones is 1. The summed E-state index contributed by atoms with van der Waals surface area (Å²) in [6.45, 7) is 19.1. The number of para-hydroxylation sites is 1. The Kier molecular flexibility index (Phi) is 7.34. The number of ether oxygens (including phenoxy) is 1. The van der Waals surface area contributed by atoms with Gasteiger partial charge in [0, 0.05) is 28.9 Å². The first-order valence-electron chi connectivity index (χ1n) is 14.2. The van der Waals surface area contributed by atoms with E-state index in [1.165, 1.54) is 22.4 Å². The van der Waals surface area contributed by atoms with Crippen LogP contribution in [-0.2, 0) is 18.5 Å². The van der Waals surface area contributed by atoms with Crippen molar-refractivity contribution in [2.45, 2.75) is 73.9 Å². The van der Waals surface area contributed by atoms with Gasteiger partial charge in [-0.15, -0.1) is 0 Å². The van der Waals surface area contributed by atoms with Gasteiger partial charge in [0.1, 0.15) is 11.4 Å². The molecule has 0 fully saturated rings. The van der Waals surface area contributed by atoms with E-state index in [9.17, 15) is 4.79 Å². The van der Waals surface area contributed by atoms with E-state index in [1.807, 2.05) is 36.4 Å². The molecule has 0 saturated carbocycles. The highest BCUT2D eigenvalue weighted by molar-refractivity contribution is 5.94. The van der Waals surface area contributed by atoms with E-state index >= 15 is 0 Å². The van der Waals surface area contributed by atoms with Crippen molar-refractivity contribution in [2.75, 3.05) is 11.5 Å². The Morgan fingerprint density at radius 2 is 1.70 bits per heavy atom. The highest BCUT2D eigenvalue weighted by atomic mass is 16.5. The minimum absolute atomic E-state index is 0.0638. The smallest absolute Gasteiger partial charge is 0.159 e. The molecule has 40 heavy (non-hydrogen) atoms. The Morgan fingerprint density at radius 1 is 0.975 bits per heavy atom. The number of hydrogen-bond acceptors (Lipinski definition) is 4. The van der Waals surface area contributed by atoms with Crippen LogP contribution in [0.3, 0.4) is 0 Å². The molecular weight excluding hydrogens is 494 g/mol. The van der Waals surface area contributed by atoms with Crippen LogP contribution in [0.25, 0.3) is 16.9 Å². The lowest BCUT2D eigenvalue weighted by Crippen LogP contribution is -2.20. The second kappa shape index (κ2) is 10.6. The SMILES string of the molecule is CC(=O)c1ccc(-c2c3c(nn2-c2c(C)cccc2OCC(C)C)CN(c2cc(C(C)(C)C)ccc2C)C3)cc1. The molecular formula is C35H41N3O2. The van der Waals surface area contributed by atoms with E-state index in [-0.39, 0.29) is 11.2 Å². The third-order valence-electron chi connectivity index (χ3n) is 7.72. The molecule has 0 amide bonds. The Bertz CT molecular complexity index is 1550. The summed E-state index contributed by atoms with van der Waals surface area (Å²) in [6.07, 6.45) is 0. The number of nitrogens with zero attached hydrogens (tertiary/aromatic N) is 3. The maximum atomic E-state index is 12.0. The number of hydrogen-bond donors (Lipinski definition) is 0. The number of benzene rings is 3. The number of fused-ring (bicyclic) bond motifs is 1. The molecule has 0 spiro atoms. The summed E-state index contributed by atoms with van der Waals surface area (Å²) in [5, 5.41) is 5.25. The third-order valence-corrected chi connectivity index (χ3v) is 7.72. The number of anilines is 1. The summed E-state index contributed by atoms with van der Waals surface area (Å²) in [6, 6.07) is 20.9. The summed E-state index contributed by atoms with van der Waals surface area (Å²) in [5.41, 5.74) is 11.1. The monoisotopic (exact) mass is 535 g/mol. The van der Waals surface area contributed by atoms with E-state index in [2.05, 4.69) is 82.3 Å². The van der Waals surface area contributed by atoms with Gasteiger partial charge in [-0.2, -0.15) is 5.10 Å². The second-order valence-electron chi connectivity index (χ2n) is 12.6. The molecule has 0 bridgehead atoms. The van der Waals surface area contributed by atoms with Crippen molar-refractivity contribution in [3.8, 4) is 22.7 Å². The zero-order chi connectivity index (χ0) is 28.8. The molecule has 1 aromatic heterocycles. The fourth-order valence-electron chi connectivity index (χ4n) is 5.40. The number of carbonyl (C=O) groups is 1. The van der Waals surface area contributed by atoms with Crippen LogP contribution >= 0.6 is 0 Å². The quantitative estimate of drug-likeness (QED) is 0.224. The van der Waals surface area contributed by atoms with Gasteiger partial charge in [-0.3, -0.25) is 4.79 Å². The Balaban J connectivity index is 1.64. The van der Waals surface area contributed by atoms with Gasteiger partial charge in [0.2, 0.25) is 0 Å². The van der Waals surface area contributed by atoms with Crippen molar-refractivity contribution in [3.05, 3.63) is 94.2 Å². The molecule has 0 N–H and O–H groups in total. The third kappa shape index (κ3) is 5.30. The number of rotatable bonds is 7.